The molecule has 1 aliphatic carbocycles. The van der Waals surface area contributed by atoms with Crippen LogP contribution in [0, 0.1) is 12.7 Å². The molecule has 2 aromatic rings. The van der Waals surface area contributed by atoms with E-state index in [0.29, 0.717) is 17.7 Å². The van der Waals surface area contributed by atoms with Gasteiger partial charge in [-0.15, -0.1) is 0 Å². The summed E-state index contributed by atoms with van der Waals surface area (Å²) in [4.78, 5) is 24.7. The number of benzene rings is 1. The minimum Gasteiger partial charge on any atom is -0.386 e. The summed E-state index contributed by atoms with van der Waals surface area (Å²) in [5, 5.41) is 0. The monoisotopic (exact) mass is 448 g/mol. The van der Waals surface area contributed by atoms with Gasteiger partial charge in [0.05, 0.1) is 11.9 Å². The van der Waals surface area contributed by atoms with Crippen LogP contribution in [0.4, 0.5) is 8.78 Å². The second-order valence-electron chi connectivity index (χ2n) is 8.31. The molecule has 1 aromatic heterocycles. The van der Waals surface area contributed by atoms with E-state index in [4.69, 9.17) is 5.73 Å². The minimum absolute atomic E-state index is 0.139. The van der Waals surface area contributed by atoms with Crippen LogP contribution in [-0.4, -0.2) is 40.3 Å². The minimum atomic E-state index is -4.34. The van der Waals surface area contributed by atoms with E-state index in [1.54, 1.807) is 6.92 Å². The first kappa shape index (κ1) is 21.5. The van der Waals surface area contributed by atoms with E-state index < -0.39 is 31.4 Å². The van der Waals surface area contributed by atoms with Gasteiger partial charge in [0.2, 0.25) is 5.50 Å². The molecule has 1 aromatic carbocycles. The normalized spacial score (nSPS) is 26.2. The fraction of sp³-hybridized carbons (Fsp3) is 0.429. The van der Waals surface area contributed by atoms with E-state index in [-0.39, 0.29) is 42.1 Å². The molecule has 7 nitrogen and oxygen atoms in total. The van der Waals surface area contributed by atoms with Crippen molar-refractivity contribution in [2.45, 2.75) is 55.3 Å². The second-order valence-corrected chi connectivity index (χ2v) is 10.6. The van der Waals surface area contributed by atoms with Crippen molar-refractivity contribution in [1.29, 1.82) is 0 Å². The van der Waals surface area contributed by atoms with Crippen LogP contribution in [0.25, 0.3) is 0 Å². The van der Waals surface area contributed by atoms with Gasteiger partial charge in [0.15, 0.2) is 15.6 Å². The number of nitrogens with two attached hydrogens (primary N) is 1. The van der Waals surface area contributed by atoms with Crippen molar-refractivity contribution in [2.75, 3.05) is 0 Å². The number of alkyl halides is 1. The zero-order chi connectivity index (χ0) is 22.6. The van der Waals surface area contributed by atoms with Gasteiger partial charge in [0.1, 0.15) is 27.6 Å². The van der Waals surface area contributed by atoms with Crippen LogP contribution in [0.5, 0.6) is 0 Å². The van der Waals surface area contributed by atoms with Gasteiger partial charge in [-0.05, 0) is 50.8 Å². The van der Waals surface area contributed by atoms with E-state index in [9.17, 15) is 17.6 Å². The predicted molar refractivity (Wildman–Crippen MR) is 111 cm³/mol. The molecule has 2 aliphatic rings. The lowest BCUT2D eigenvalue weighted by Gasteiger charge is -2.48. The van der Waals surface area contributed by atoms with Gasteiger partial charge in [-0.3, -0.25) is 14.8 Å². The zero-order valence-corrected chi connectivity index (χ0v) is 17.9. The Hall–Kier alpha value is -2.75. The number of rotatable bonds is 4. The Labute approximate surface area is 178 Å². The Morgan fingerprint density at radius 3 is 2.55 bits per heavy atom. The third-order valence-corrected chi connectivity index (χ3v) is 8.96. The van der Waals surface area contributed by atoms with E-state index >= 15 is 4.39 Å². The summed E-state index contributed by atoms with van der Waals surface area (Å²) in [6.45, 7) is 2.95. The highest BCUT2D eigenvalue weighted by molar-refractivity contribution is 7.94. The molecule has 1 aliphatic heterocycles. The number of aryl methyl sites for hydroxylation is 1. The summed E-state index contributed by atoms with van der Waals surface area (Å²) in [6.07, 6.45) is 3.67. The van der Waals surface area contributed by atoms with Crippen molar-refractivity contribution in [1.82, 2.24) is 9.97 Å². The van der Waals surface area contributed by atoms with Crippen LogP contribution >= 0.6 is 0 Å². The Morgan fingerprint density at radius 1 is 1.26 bits per heavy atom. The summed E-state index contributed by atoms with van der Waals surface area (Å²) in [7, 11) is -4.34. The topological polar surface area (TPSA) is 115 Å². The molecule has 10 heteroatoms. The summed E-state index contributed by atoms with van der Waals surface area (Å²) >= 11 is 0. The number of hydrogen-bond acceptors (Lipinski definition) is 7. The average molecular weight is 448 g/mol. The third kappa shape index (κ3) is 3.15. The first-order valence-corrected chi connectivity index (χ1v) is 11.4. The highest BCUT2D eigenvalue weighted by Crippen LogP contribution is 2.51. The van der Waals surface area contributed by atoms with Gasteiger partial charge in [-0.25, -0.2) is 22.2 Å². The SMILES string of the molecule is Cc1cnc(C(=O)Cc2ccc(F)c([C@@]3(C)N=C(N)C4(CCC4)S(=O)(=O)[C@@H]3F)c2)cn1. The predicted octanol–water partition coefficient (Wildman–Crippen LogP) is 2.57. The van der Waals surface area contributed by atoms with Crippen LogP contribution in [-0.2, 0) is 21.8 Å². The standard InChI is InChI=1S/C21H22F2N4O3S/c1-12-10-26-16(11-25-12)17(28)9-13-4-5-15(22)14(8-13)20(2)18(23)31(29,30)21(6-3-7-21)19(24)27-20/h4-5,8,10-11,18H,3,6-7,9H2,1-2H3,(H2,24,27)/t18-,20+/m0/s1. The van der Waals surface area contributed by atoms with Crippen molar-refractivity contribution in [3.05, 3.63) is 58.9 Å². The number of aliphatic imine (C=N–C) groups is 1. The van der Waals surface area contributed by atoms with Crippen molar-refractivity contribution < 1.29 is 22.0 Å². The van der Waals surface area contributed by atoms with E-state index in [1.807, 2.05) is 0 Å². The average Bonchev–Trinajstić information content (AvgIpc) is 2.67. The number of Topliss-reactive ketones (excluding diaryl/α,β-unsaturated/α-hetero) is 1. The molecule has 0 radical (unpaired) electrons. The van der Waals surface area contributed by atoms with Gasteiger partial charge >= 0.3 is 0 Å². The molecule has 2 atom stereocenters. The molecule has 1 spiro atoms. The smallest absolute Gasteiger partial charge is 0.230 e. The van der Waals surface area contributed by atoms with Crippen LogP contribution in [0.3, 0.4) is 0 Å². The van der Waals surface area contributed by atoms with Crippen molar-refractivity contribution >= 4 is 21.5 Å². The lowest BCUT2D eigenvalue weighted by molar-refractivity contribution is 0.0987. The molecular formula is C21H22F2N4O3S. The van der Waals surface area contributed by atoms with Gasteiger partial charge in [0, 0.05) is 18.2 Å². The first-order valence-electron chi connectivity index (χ1n) is 9.85. The maximum Gasteiger partial charge on any atom is 0.230 e. The molecule has 0 unspecified atom stereocenters. The molecule has 0 amide bonds. The maximum absolute atomic E-state index is 15.5. The van der Waals surface area contributed by atoms with Gasteiger partial charge < -0.3 is 5.73 Å². The highest BCUT2D eigenvalue weighted by atomic mass is 32.2. The molecule has 164 valence electrons. The number of amidine groups is 1. The number of halogens is 2. The van der Waals surface area contributed by atoms with Crippen molar-refractivity contribution in [2.24, 2.45) is 10.7 Å². The van der Waals surface area contributed by atoms with Crippen molar-refractivity contribution in [3.63, 3.8) is 0 Å². The number of nitrogens with zero attached hydrogens (tertiary/aromatic N) is 3. The Morgan fingerprint density at radius 2 is 1.97 bits per heavy atom. The number of carbonyl (C=O) groups excluding carboxylic acids is 1. The third-order valence-electron chi connectivity index (χ3n) is 6.25. The highest BCUT2D eigenvalue weighted by Gasteiger charge is 2.64. The fourth-order valence-electron chi connectivity index (χ4n) is 4.15. The van der Waals surface area contributed by atoms with Crippen LogP contribution in [0.15, 0.2) is 35.6 Å². The molecule has 1 fully saturated rings. The molecule has 2 heterocycles. The second kappa shape index (κ2) is 7.15. The Bertz CT molecular complexity index is 1190. The maximum atomic E-state index is 15.5. The molecular weight excluding hydrogens is 426 g/mol. The van der Waals surface area contributed by atoms with E-state index in [2.05, 4.69) is 15.0 Å². The summed E-state index contributed by atoms with van der Waals surface area (Å²) in [5.41, 5.74) is 2.37. The summed E-state index contributed by atoms with van der Waals surface area (Å²) in [6, 6.07) is 3.72. The molecule has 0 saturated heterocycles. The molecule has 4 rings (SSSR count). The van der Waals surface area contributed by atoms with Gasteiger partial charge in [-0.1, -0.05) is 6.07 Å². The van der Waals surface area contributed by atoms with Gasteiger partial charge in [0.25, 0.3) is 0 Å². The largest absolute Gasteiger partial charge is 0.386 e. The quantitative estimate of drug-likeness (QED) is 0.719. The first-order chi connectivity index (χ1) is 14.5. The summed E-state index contributed by atoms with van der Waals surface area (Å²) < 4.78 is 54.7. The fourth-order valence-corrected chi connectivity index (χ4v) is 6.53. The molecule has 2 N–H and O–H groups in total. The van der Waals surface area contributed by atoms with Gasteiger partial charge in [-0.2, -0.15) is 0 Å². The van der Waals surface area contributed by atoms with Crippen LogP contribution < -0.4 is 5.73 Å². The number of carbonyl (C=O) groups is 1. The lowest BCUT2D eigenvalue weighted by Crippen LogP contribution is -2.64. The van der Waals surface area contributed by atoms with Crippen LogP contribution in [0.1, 0.15) is 53.5 Å². The van der Waals surface area contributed by atoms with E-state index in [1.165, 1.54) is 31.5 Å². The summed E-state index contributed by atoms with van der Waals surface area (Å²) in [5.74, 6) is -1.38. The molecule has 1 saturated carbocycles. The number of sulfone groups is 1. The van der Waals surface area contributed by atoms with E-state index in [0.717, 1.165) is 6.07 Å². The number of hydrogen-bond donors (Lipinski definition) is 1. The number of ketones is 1. The van der Waals surface area contributed by atoms with Crippen molar-refractivity contribution in [3.8, 4) is 0 Å². The van der Waals surface area contributed by atoms with Crippen LogP contribution in [0.2, 0.25) is 0 Å². The molecule has 0 bridgehead atoms. The molecule has 31 heavy (non-hydrogen) atoms. The zero-order valence-electron chi connectivity index (χ0n) is 17.1. The Balaban J connectivity index is 1.73. The lowest BCUT2D eigenvalue weighted by atomic mass is 9.82. The number of aromatic nitrogens is 2. The Kier molecular flexibility index (Phi) is 4.95.